The van der Waals surface area contributed by atoms with Gasteiger partial charge in [0.15, 0.2) is 0 Å². The van der Waals surface area contributed by atoms with Crippen molar-refractivity contribution >= 4 is 0 Å². The van der Waals surface area contributed by atoms with Crippen molar-refractivity contribution in [1.29, 1.82) is 0 Å². The normalized spacial score (nSPS) is 14.0. The maximum absolute atomic E-state index is 3.46. The predicted molar refractivity (Wildman–Crippen MR) is 61.0 cm³/mol. The van der Waals surface area contributed by atoms with Crippen molar-refractivity contribution in [1.82, 2.24) is 5.32 Å². The Morgan fingerprint density at radius 3 is 1.92 bits per heavy atom. The molecule has 0 atom stereocenters. The molecule has 1 nitrogen and oxygen atoms in total. The molecule has 0 saturated carbocycles. The van der Waals surface area contributed by atoms with Crippen molar-refractivity contribution in [2.75, 3.05) is 6.54 Å². The van der Waals surface area contributed by atoms with E-state index in [0.717, 1.165) is 13.0 Å². The van der Waals surface area contributed by atoms with Gasteiger partial charge in [0.2, 0.25) is 0 Å². The second-order valence-corrected chi connectivity index (χ2v) is 5.73. The van der Waals surface area contributed by atoms with E-state index >= 15 is 0 Å². The smallest absolute Gasteiger partial charge is 0.00966 e. The van der Waals surface area contributed by atoms with E-state index in [2.05, 4.69) is 59.0 Å². The van der Waals surface area contributed by atoms with Crippen LogP contribution in [-0.2, 0) is 0 Å². The lowest BCUT2D eigenvalue weighted by Crippen LogP contribution is -2.36. The van der Waals surface area contributed by atoms with E-state index in [-0.39, 0.29) is 5.54 Å². The molecule has 0 unspecified atom stereocenters. The topological polar surface area (TPSA) is 12.0 Å². The molecule has 0 aromatic carbocycles. The van der Waals surface area contributed by atoms with Gasteiger partial charge < -0.3 is 5.32 Å². The minimum Gasteiger partial charge on any atom is -0.312 e. The van der Waals surface area contributed by atoms with Gasteiger partial charge in [-0.1, -0.05) is 32.9 Å². The lowest BCUT2D eigenvalue weighted by Gasteiger charge is -2.20. The zero-order valence-corrected chi connectivity index (χ0v) is 10.1. The molecular weight excluding hydrogens is 158 g/mol. The third kappa shape index (κ3) is 11.7. The van der Waals surface area contributed by atoms with Gasteiger partial charge >= 0.3 is 0 Å². The molecule has 78 valence electrons. The minimum atomic E-state index is 0.246. The summed E-state index contributed by atoms with van der Waals surface area (Å²) in [5.74, 6) is 0. The zero-order chi connectivity index (χ0) is 10.5. The maximum atomic E-state index is 3.46. The zero-order valence-electron chi connectivity index (χ0n) is 10.1. The maximum Gasteiger partial charge on any atom is 0.00966 e. The Labute approximate surface area is 83.6 Å². The summed E-state index contributed by atoms with van der Waals surface area (Å²) in [7, 11) is 0. The molecule has 1 N–H and O–H groups in total. The van der Waals surface area contributed by atoms with Gasteiger partial charge in [0.05, 0.1) is 0 Å². The number of rotatable bonds is 3. The fourth-order valence-electron chi connectivity index (χ4n) is 0.967. The van der Waals surface area contributed by atoms with Crippen LogP contribution in [0.25, 0.3) is 0 Å². The SMILES string of the molecule is CC(C)(C)/C=C/CCNC(C)(C)C. The van der Waals surface area contributed by atoms with Crippen LogP contribution in [0.3, 0.4) is 0 Å². The van der Waals surface area contributed by atoms with E-state index in [4.69, 9.17) is 0 Å². The second-order valence-electron chi connectivity index (χ2n) is 5.73. The van der Waals surface area contributed by atoms with E-state index in [9.17, 15) is 0 Å². The standard InChI is InChI=1S/C12H25N/c1-11(2,3)9-7-8-10-13-12(4,5)6/h7,9,13H,8,10H2,1-6H3/b9-7+. The van der Waals surface area contributed by atoms with E-state index in [0.29, 0.717) is 5.41 Å². The highest BCUT2D eigenvalue weighted by Gasteiger charge is 2.07. The van der Waals surface area contributed by atoms with Crippen LogP contribution >= 0.6 is 0 Å². The van der Waals surface area contributed by atoms with Gasteiger partial charge in [-0.25, -0.2) is 0 Å². The lowest BCUT2D eigenvalue weighted by molar-refractivity contribution is 0.430. The fraction of sp³-hybridized carbons (Fsp3) is 0.833. The molecule has 0 rings (SSSR count). The molecule has 0 aliphatic heterocycles. The molecule has 0 amide bonds. The van der Waals surface area contributed by atoms with Crippen molar-refractivity contribution < 1.29 is 0 Å². The average molecular weight is 183 g/mol. The van der Waals surface area contributed by atoms with Gasteiger partial charge in [-0.2, -0.15) is 0 Å². The first-order valence-electron chi connectivity index (χ1n) is 5.13. The van der Waals surface area contributed by atoms with Crippen LogP contribution in [-0.4, -0.2) is 12.1 Å². The third-order valence-corrected chi connectivity index (χ3v) is 1.58. The van der Waals surface area contributed by atoms with Crippen molar-refractivity contribution in [3.63, 3.8) is 0 Å². The summed E-state index contributed by atoms with van der Waals surface area (Å²) < 4.78 is 0. The van der Waals surface area contributed by atoms with E-state index in [1.807, 2.05) is 0 Å². The van der Waals surface area contributed by atoms with Crippen molar-refractivity contribution in [3.8, 4) is 0 Å². The van der Waals surface area contributed by atoms with Crippen LogP contribution in [0.4, 0.5) is 0 Å². The van der Waals surface area contributed by atoms with Gasteiger partial charge in [-0.15, -0.1) is 0 Å². The summed E-state index contributed by atoms with van der Waals surface area (Å²) in [6, 6.07) is 0. The first kappa shape index (κ1) is 12.7. The third-order valence-electron chi connectivity index (χ3n) is 1.58. The molecule has 0 fully saturated rings. The van der Waals surface area contributed by atoms with Gasteiger partial charge in [0, 0.05) is 5.54 Å². The van der Waals surface area contributed by atoms with E-state index < -0.39 is 0 Å². The number of hydrogen-bond donors (Lipinski definition) is 1. The first-order chi connectivity index (χ1) is 5.71. The summed E-state index contributed by atoms with van der Waals surface area (Å²) in [6.07, 6.45) is 5.66. The first-order valence-corrected chi connectivity index (χ1v) is 5.13. The van der Waals surface area contributed by atoms with Crippen LogP contribution in [0.5, 0.6) is 0 Å². The Balaban J connectivity index is 3.53. The molecule has 0 spiro atoms. The van der Waals surface area contributed by atoms with E-state index in [1.165, 1.54) is 0 Å². The molecule has 0 aromatic rings. The van der Waals surface area contributed by atoms with Gasteiger partial charge in [0.25, 0.3) is 0 Å². The second kappa shape index (κ2) is 4.80. The van der Waals surface area contributed by atoms with E-state index in [1.54, 1.807) is 0 Å². The van der Waals surface area contributed by atoms with Crippen LogP contribution < -0.4 is 5.32 Å². The van der Waals surface area contributed by atoms with Crippen LogP contribution in [0, 0.1) is 5.41 Å². The summed E-state index contributed by atoms with van der Waals surface area (Å²) in [5.41, 5.74) is 0.567. The van der Waals surface area contributed by atoms with Gasteiger partial charge in [-0.3, -0.25) is 0 Å². The number of allylic oxidation sites excluding steroid dienone is 1. The quantitative estimate of drug-likeness (QED) is 0.522. The predicted octanol–water partition coefficient (Wildman–Crippen LogP) is 3.37. The molecular formula is C12H25N. The summed E-state index contributed by atoms with van der Waals surface area (Å²) >= 11 is 0. The highest BCUT2D eigenvalue weighted by atomic mass is 14.9. The summed E-state index contributed by atoms with van der Waals surface area (Å²) in [5, 5.41) is 3.46. The molecule has 13 heavy (non-hydrogen) atoms. The highest BCUT2D eigenvalue weighted by Crippen LogP contribution is 2.14. The number of hydrogen-bond acceptors (Lipinski definition) is 1. The summed E-state index contributed by atoms with van der Waals surface area (Å²) in [6.45, 7) is 14.3. The molecule has 0 aliphatic rings. The Morgan fingerprint density at radius 2 is 1.54 bits per heavy atom. The minimum absolute atomic E-state index is 0.246. The molecule has 0 bridgehead atoms. The molecule has 0 heterocycles. The summed E-state index contributed by atoms with van der Waals surface area (Å²) in [4.78, 5) is 0. The van der Waals surface area contributed by atoms with Gasteiger partial charge in [-0.05, 0) is 39.2 Å². The lowest BCUT2D eigenvalue weighted by atomic mass is 9.96. The molecule has 0 saturated heterocycles. The number of nitrogens with one attached hydrogen (secondary N) is 1. The van der Waals surface area contributed by atoms with Crippen molar-refractivity contribution in [2.24, 2.45) is 5.41 Å². The van der Waals surface area contributed by atoms with Crippen LogP contribution in [0.2, 0.25) is 0 Å². The van der Waals surface area contributed by atoms with Crippen LogP contribution in [0.1, 0.15) is 48.0 Å². The Hall–Kier alpha value is -0.300. The molecule has 0 aliphatic carbocycles. The largest absolute Gasteiger partial charge is 0.312 e. The Morgan fingerprint density at radius 1 is 1.00 bits per heavy atom. The highest BCUT2D eigenvalue weighted by molar-refractivity contribution is 4.92. The average Bonchev–Trinajstić information content (AvgIpc) is 1.81. The fourth-order valence-corrected chi connectivity index (χ4v) is 0.967. The monoisotopic (exact) mass is 183 g/mol. The van der Waals surface area contributed by atoms with Crippen molar-refractivity contribution in [3.05, 3.63) is 12.2 Å². The molecule has 0 radical (unpaired) electrons. The Bertz CT molecular complexity index is 155. The molecule has 0 aromatic heterocycles. The van der Waals surface area contributed by atoms with Crippen molar-refractivity contribution in [2.45, 2.75) is 53.5 Å². The Kier molecular flexibility index (Phi) is 4.69. The van der Waals surface area contributed by atoms with Crippen LogP contribution in [0.15, 0.2) is 12.2 Å². The molecule has 1 heteroatoms. The van der Waals surface area contributed by atoms with Gasteiger partial charge in [0.1, 0.15) is 0 Å².